The van der Waals surface area contributed by atoms with E-state index >= 15 is 0 Å². The molecule has 0 saturated carbocycles. The van der Waals surface area contributed by atoms with Crippen molar-refractivity contribution in [3.05, 3.63) is 35.4 Å². The largest absolute Gasteiger partial charge is 0.416 e. The molecule has 0 aliphatic rings. The maximum Gasteiger partial charge on any atom is 0.416 e. The van der Waals surface area contributed by atoms with E-state index in [0.717, 1.165) is 12.1 Å². The molecule has 21 heavy (non-hydrogen) atoms. The Labute approximate surface area is 122 Å². The number of rotatable bonds is 5. The Morgan fingerprint density at radius 2 is 1.62 bits per heavy atom. The van der Waals surface area contributed by atoms with Crippen molar-refractivity contribution in [2.75, 3.05) is 7.05 Å². The van der Waals surface area contributed by atoms with Crippen molar-refractivity contribution in [1.29, 1.82) is 0 Å². The van der Waals surface area contributed by atoms with Crippen molar-refractivity contribution < 1.29 is 18.0 Å². The Hall–Kier alpha value is -1.56. The lowest BCUT2D eigenvalue weighted by molar-refractivity contribution is -0.138. The number of nitrogens with two attached hydrogens (primary N) is 1. The molecular weight excluding hydrogens is 281 g/mol. The van der Waals surface area contributed by atoms with E-state index in [2.05, 4.69) is 0 Å². The fraction of sp³-hybridized carbons (Fsp3) is 0.533. The molecule has 0 aromatic heterocycles. The van der Waals surface area contributed by atoms with Gasteiger partial charge in [-0.15, -0.1) is 0 Å². The van der Waals surface area contributed by atoms with Gasteiger partial charge in [-0.2, -0.15) is 13.2 Å². The Balaban J connectivity index is 2.80. The van der Waals surface area contributed by atoms with Crippen molar-refractivity contribution >= 4 is 5.91 Å². The Bertz CT molecular complexity index is 479. The zero-order valence-electron chi connectivity index (χ0n) is 12.5. The highest BCUT2D eigenvalue weighted by molar-refractivity contribution is 5.85. The summed E-state index contributed by atoms with van der Waals surface area (Å²) in [5.74, 6) is -0.201. The van der Waals surface area contributed by atoms with E-state index in [1.165, 1.54) is 17.0 Å². The van der Waals surface area contributed by atoms with Crippen LogP contribution in [-0.2, 0) is 17.5 Å². The SMILES string of the molecule is CCC(N)(CC)C(=O)N(C)Cc1ccc(C(F)(F)F)cc1. The number of hydrogen-bond acceptors (Lipinski definition) is 2. The maximum absolute atomic E-state index is 12.5. The fourth-order valence-corrected chi connectivity index (χ4v) is 2.08. The molecule has 1 amide bonds. The summed E-state index contributed by atoms with van der Waals surface area (Å²) in [5, 5.41) is 0. The van der Waals surface area contributed by atoms with Gasteiger partial charge >= 0.3 is 6.18 Å². The zero-order valence-corrected chi connectivity index (χ0v) is 12.5. The van der Waals surface area contributed by atoms with Gasteiger partial charge < -0.3 is 10.6 Å². The molecule has 118 valence electrons. The van der Waals surface area contributed by atoms with E-state index < -0.39 is 17.3 Å². The number of halogens is 3. The molecule has 0 spiro atoms. The van der Waals surface area contributed by atoms with Crippen molar-refractivity contribution in [2.24, 2.45) is 5.73 Å². The first-order chi connectivity index (χ1) is 9.64. The van der Waals surface area contributed by atoms with Crippen LogP contribution in [0.5, 0.6) is 0 Å². The van der Waals surface area contributed by atoms with Gasteiger partial charge in [-0.3, -0.25) is 4.79 Å². The van der Waals surface area contributed by atoms with E-state index in [4.69, 9.17) is 5.73 Å². The van der Waals surface area contributed by atoms with Crippen molar-refractivity contribution in [3.63, 3.8) is 0 Å². The molecule has 3 nitrogen and oxygen atoms in total. The highest BCUT2D eigenvalue weighted by Gasteiger charge is 2.33. The van der Waals surface area contributed by atoms with Crippen LogP contribution in [0.2, 0.25) is 0 Å². The smallest absolute Gasteiger partial charge is 0.340 e. The van der Waals surface area contributed by atoms with E-state index in [9.17, 15) is 18.0 Å². The summed E-state index contributed by atoms with van der Waals surface area (Å²) in [6.45, 7) is 3.91. The quantitative estimate of drug-likeness (QED) is 0.908. The van der Waals surface area contributed by atoms with Gasteiger partial charge in [0.2, 0.25) is 5.91 Å². The van der Waals surface area contributed by atoms with Crippen LogP contribution in [0.4, 0.5) is 13.2 Å². The van der Waals surface area contributed by atoms with E-state index in [0.29, 0.717) is 18.4 Å². The van der Waals surface area contributed by atoms with Gasteiger partial charge in [0.25, 0.3) is 0 Å². The number of nitrogens with zero attached hydrogens (tertiary/aromatic N) is 1. The van der Waals surface area contributed by atoms with E-state index in [1.54, 1.807) is 7.05 Å². The van der Waals surface area contributed by atoms with Gasteiger partial charge in [0.15, 0.2) is 0 Å². The highest BCUT2D eigenvalue weighted by Crippen LogP contribution is 2.29. The van der Waals surface area contributed by atoms with Crippen LogP contribution in [0.15, 0.2) is 24.3 Å². The molecule has 0 radical (unpaired) electrons. The lowest BCUT2D eigenvalue weighted by atomic mass is 9.92. The minimum Gasteiger partial charge on any atom is -0.340 e. The molecular formula is C15H21F3N2O. The van der Waals surface area contributed by atoms with Crippen molar-refractivity contribution in [1.82, 2.24) is 4.90 Å². The Morgan fingerprint density at radius 1 is 1.14 bits per heavy atom. The van der Waals surface area contributed by atoms with Gasteiger partial charge in [-0.1, -0.05) is 26.0 Å². The van der Waals surface area contributed by atoms with Crippen LogP contribution >= 0.6 is 0 Å². The van der Waals surface area contributed by atoms with Crippen molar-refractivity contribution in [3.8, 4) is 0 Å². The molecule has 0 aliphatic heterocycles. The predicted octanol–water partition coefficient (Wildman–Crippen LogP) is 3.18. The number of alkyl halides is 3. The molecule has 0 fully saturated rings. The normalized spacial score (nSPS) is 12.3. The molecule has 2 N–H and O–H groups in total. The van der Waals surface area contributed by atoms with Gasteiger partial charge in [-0.25, -0.2) is 0 Å². The van der Waals surface area contributed by atoms with Crippen LogP contribution in [-0.4, -0.2) is 23.4 Å². The van der Waals surface area contributed by atoms with Gasteiger partial charge in [0, 0.05) is 13.6 Å². The summed E-state index contributed by atoms with van der Waals surface area (Å²) in [7, 11) is 1.60. The summed E-state index contributed by atoms with van der Waals surface area (Å²) in [5.41, 5.74) is 5.05. The van der Waals surface area contributed by atoms with Crippen LogP contribution in [0.25, 0.3) is 0 Å². The topological polar surface area (TPSA) is 46.3 Å². The average molecular weight is 302 g/mol. The second kappa shape index (κ2) is 6.47. The lowest BCUT2D eigenvalue weighted by Crippen LogP contribution is -2.53. The van der Waals surface area contributed by atoms with Crippen LogP contribution in [0.1, 0.15) is 37.8 Å². The van der Waals surface area contributed by atoms with E-state index in [-0.39, 0.29) is 12.5 Å². The second-order valence-corrected chi connectivity index (χ2v) is 5.22. The summed E-state index contributed by atoms with van der Waals surface area (Å²) in [4.78, 5) is 13.7. The number of carbonyl (C=O) groups excluding carboxylic acids is 1. The summed E-state index contributed by atoms with van der Waals surface area (Å²) in [6.07, 6.45) is -3.32. The van der Waals surface area contributed by atoms with Gasteiger partial charge in [-0.05, 0) is 30.5 Å². The minimum absolute atomic E-state index is 0.201. The molecule has 0 unspecified atom stereocenters. The molecule has 0 bridgehead atoms. The van der Waals surface area contributed by atoms with Crippen LogP contribution in [0.3, 0.4) is 0 Å². The van der Waals surface area contributed by atoms with Gasteiger partial charge in [0.05, 0.1) is 11.1 Å². The number of benzene rings is 1. The monoisotopic (exact) mass is 302 g/mol. The number of carbonyl (C=O) groups is 1. The Kier molecular flexibility index (Phi) is 5.39. The summed E-state index contributed by atoms with van der Waals surface area (Å²) < 4.78 is 37.4. The summed E-state index contributed by atoms with van der Waals surface area (Å²) >= 11 is 0. The molecule has 6 heteroatoms. The third kappa shape index (κ3) is 4.20. The predicted molar refractivity (Wildman–Crippen MR) is 75.4 cm³/mol. The highest BCUT2D eigenvalue weighted by atomic mass is 19.4. The molecule has 0 aliphatic carbocycles. The second-order valence-electron chi connectivity index (χ2n) is 5.22. The first-order valence-corrected chi connectivity index (χ1v) is 6.84. The number of amides is 1. The summed E-state index contributed by atoms with van der Waals surface area (Å²) in [6, 6.07) is 4.79. The maximum atomic E-state index is 12.5. The molecule has 0 saturated heterocycles. The molecule has 0 atom stereocenters. The standard InChI is InChI=1S/C15H21F3N2O/c1-4-14(19,5-2)13(21)20(3)10-11-6-8-12(9-7-11)15(16,17)18/h6-9H,4-5,10,19H2,1-3H3. The zero-order chi connectivity index (χ0) is 16.3. The minimum atomic E-state index is -4.35. The van der Waals surface area contributed by atoms with Crippen molar-refractivity contribution in [2.45, 2.75) is 44.9 Å². The van der Waals surface area contributed by atoms with Gasteiger partial charge in [0.1, 0.15) is 0 Å². The number of hydrogen-bond donors (Lipinski definition) is 1. The van der Waals surface area contributed by atoms with Crippen LogP contribution < -0.4 is 5.73 Å². The Morgan fingerprint density at radius 3 is 2.00 bits per heavy atom. The molecule has 1 aromatic carbocycles. The number of likely N-dealkylation sites (N-methyl/N-ethyl adjacent to an activating group) is 1. The molecule has 1 aromatic rings. The van der Waals surface area contributed by atoms with Crippen LogP contribution in [0, 0.1) is 0 Å². The first-order valence-electron chi connectivity index (χ1n) is 6.84. The third-order valence-electron chi connectivity index (χ3n) is 3.74. The molecule has 1 rings (SSSR count). The third-order valence-corrected chi connectivity index (χ3v) is 3.74. The van der Waals surface area contributed by atoms with E-state index in [1.807, 2.05) is 13.8 Å². The molecule has 0 heterocycles. The fourth-order valence-electron chi connectivity index (χ4n) is 2.08. The lowest BCUT2D eigenvalue weighted by Gasteiger charge is -2.30. The average Bonchev–Trinajstić information content (AvgIpc) is 2.45. The first kappa shape index (κ1) is 17.5.